The maximum Gasteiger partial charge on any atom is 0.0420 e. The molecule has 128 valence electrons. The minimum absolute atomic E-state index is 0.507. The summed E-state index contributed by atoms with van der Waals surface area (Å²) in [5, 5.41) is 0. The highest BCUT2D eigenvalue weighted by Crippen LogP contribution is 2.61. The van der Waals surface area contributed by atoms with Gasteiger partial charge in [0.05, 0.1) is 0 Å². The molecule has 0 amide bonds. The van der Waals surface area contributed by atoms with Crippen molar-refractivity contribution in [2.24, 2.45) is 17.8 Å². The van der Waals surface area contributed by atoms with Crippen molar-refractivity contribution in [2.75, 3.05) is 6.54 Å². The van der Waals surface area contributed by atoms with Crippen LogP contribution in [-0.4, -0.2) is 11.4 Å². The van der Waals surface area contributed by atoms with Crippen LogP contribution in [0.25, 0.3) is 0 Å². The second kappa shape index (κ2) is 5.57. The van der Waals surface area contributed by atoms with Gasteiger partial charge in [-0.1, -0.05) is 71.8 Å². The van der Waals surface area contributed by atoms with Gasteiger partial charge in [-0.3, -0.25) is 4.90 Å². The molecule has 2 aromatic carbocycles. The summed E-state index contributed by atoms with van der Waals surface area (Å²) in [5.41, 5.74) is 7.16. The lowest BCUT2D eigenvalue weighted by Gasteiger charge is -2.62. The molecule has 6 atom stereocenters. The fourth-order valence-corrected chi connectivity index (χ4v) is 5.74. The average Bonchev–Trinajstić information content (AvgIpc) is 2.61. The zero-order valence-electron chi connectivity index (χ0n) is 15.3. The first kappa shape index (κ1) is 15.4. The SMILES string of the molecule is C=C1[C@H]2CC3C[C@@H]1[C@@H](c1ccc(C)cc1)N(C3)[C@@H]2c1ccc(C)cc1. The zero-order chi connectivity index (χ0) is 17.1. The van der Waals surface area contributed by atoms with E-state index in [9.17, 15) is 0 Å². The van der Waals surface area contributed by atoms with Crippen molar-refractivity contribution >= 4 is 0 Å². The molecule has 1 saturated carbocycles. The Balaban J connectivity index is 1.60. The lowest BCUT2D eigenvalue weighted by molar-refractivity contribution is -0.0746. The third-order valence-corrected chi connectivity index (χ3v) is 6.91. The Kier molecular flexibility index (Phi) is 3.43. The summed E-state index contributed by atoms with van der Waals surface area (Å²) in [6.07, 6.45) is 2.68. The molecular formula is C24H27N. The highest BCUT2D eigenvalue weighted by molar-refractivity contribution is 5.36. The molecule has 0 radical (unpaired) electrons. The highest BCUT2D eigenvalue weighted by atomic mass is 15.2. The van der Waals surface area contributed by atoms with E-state index in [0.717, 1.165) is 5.92 Å². The van der Waals surface area contributed by atoms with Crippen molar-refractivity contribution in [2.45, 2.75) is 38.8 Å². The molecule has 1 heteroatoms. The van der Waals surface area contributed by atoms with Crippen molar-refractivity contribution < 1.29 is 0 Å². The van der Waals surface area contributed by atoms with Crippen LogP contribution in [0.1, 0.15) is 47.2 Å². The topological polar surface area (TPSA) is 3.24 Å². The molecule has 1 aliphatic carbocycles. The fraction of sp³-hybridized carbons (Fsp3) is 0.417. The highest BCUT2D eigenvalue weighted by Gasteiger charge is 2.54. The van der Waals surface area contributed by atoms with Crippen LogP contribution in [-0.2, 0) is 0 Å². The number of hydrogen-bond donors (Lipinski definition) is 0. The number of aryl methyl sites for hydroxylation is 2. The summed E-state index contributed by atoms with van der Waals surface area (Å²) in [7, 11) is 0. The van der Waals surface area contributed by atoms with Gasteiger partial charge in [0.1, 0.15) is 0 Å². The van der Waals surface area contributed by atoms with Crippen LogP contribution in [0.3, 0.4) is 0 Å². The first-order valence-electron chi connectivity index (χ1n) is 9.69. The van der Waals surface area contributed by atoms with E-state index in [0.29, 0.717) is 23.9 Å². The van der Waals surface area contributed by atoms with Gasteiger partial charge in [0.25, 0.3) is 0 Å². The summed E-state index contributed by atoms with van der Waals surface area (Å²) < 4.78 is 0. The molecule has 0 aromatic heterocycles. The third-order valence-electron chi connectivity index (χ3n) is 6.91. The van der Waals surface area contributed by atoms with Crippen molar-refractivity contribution in [1.29, 1.82) is 0 Å². The number of benzene rings is 2. The van der Waals surface area contributed by atoms with Gasteiger partial charge in [-0.05, 0) is 55.6 Å². The molecule has 6 rings (SSSR count). The Labute approximate surface area is 151 Å². The Morgan fingerprint density at radius 2 is 1.20 bits per heavy atom. The summed E-state index contributed by atoms with van der Waals surface area (Å²) >= 11 is 0. The van der Waals surface area contributed by atoms with E-state index in [4.69, 9.17) is 0 Å². The molecule has 4 aliphatic rings. The largest absolute Gasteiger partial charge is 0.288 e. The smallest absolute Gasteiger partial charge is 0.0420 e. The lowest BCUT2D eigenvalue weighted by Crippen LogP contribution is -2.57. The molecule has 0 N–H and O–H groups in total. The molecule has 4 bridgehead atoms. The molecule has 1 nitrogen and oxygen atoms in total. The molecule has 0 spiro atoms. The number of nitrogens with zero attached hydrogens (tertiary/aromatic N) is 1. The second-order valence-corrected chi connectivity index (χ2v) is 8.53. The van der Waals surface area contributed by atoms with Crippen molar-refractivity contribution in [3.05, 3.63) is 82.9 Å². The Morgan fingerprint density at radius 3 is 1.64 bits per heavy atom. The van der Waals surface area contributed by atoms with Crippen LogP contribution in [0.4, 0.5) is 0 Å². The van der Waals surface area contributed by atoms with E-state index in [1.54, 1.807) is 0 Å². The van der Waals surface area contributed by atoms with E-state index >= 15 is 0 Å². The first-order chi connectivity index (χ1) is 12.1. The molecule has 25 heavy (non-hydrogen) atoms. The lowest BCUT2D eigenvalue weighted by atomic mass is 9.58. The van der Waals surface area contributed by atoms with Gasteiger partial charge in [0.2, 0.25) is 0 Å². The fourth-order valence-electron chi connectivity index (χ4n) is 5.74. The second-order valence-electron chi connectivity index (χ2n) is 8.53. The monoisotopic (exact) mass is 329 g/mol. The Hall–Kier alpha value is -1.86. The quantitative estimate of drug-likeness (QED) is 0.647. The average molecular weight is 329 g/mol. The molecule has 3 saturated heterocycles. The van der Waals surface area contributed by atoms with Gasteiger partial charge < -0.3 is 0 Å². The van der Waals surface area contributed by atoms with Crippen LogP contribution in [0.5, 0.6) is 0 Å². The van der Waals surface area contributed by atoms with E-state index < -0.39 is 0 Å². The van der Waals surface area contributed by atoms with Crippen molar-refractivity contribution in [3.63, 3.8) is 0 Å². The van der Waals surface area contributed by atoms with Gasteiger partial charge in [-0.2, -0.15) is 0 Å². The van der Waals surface area contributed by atoms with E-state index in [2.05, 4.69) is 73.9 Å². The molecule has 4 fully saturated rings. The minimum Gasteiger partial charge on any atom is -0.288 e. The van der Waals surface area contributed by atoms with Crippen LogP contribution in [0.2, 0.25) is 0 Å². The molecule has 2 aromatic rings. The van der Waals surface area contributed by atoms with Gasteiger partial charge in [0.15, 0.2) is 0 Å². The molecular weight excluding hydrogens is 302 g/mol. The van der Waals surface area contributed by atoms with Crippen LogP contribution >= 0.6 is 0 Å². The van der Waals surface area contributed by atoms with Crippen LogP contribution in [0, 0.1) is 31.6 Å². The number of piperidine rings is 3. The van der Waals surface area contributed by atoms with Gasteiger partial charge in [-0.25, -0.2) is 0 Å². The van der Waals surface area contributed by atoms with E-state index in [1.165, 1.54) is 47.2 Å². The normalized spacial score (nSPS) is 36.0. The van der Waals surface area contributed by atoms with E-state index in [-0.39, 0.29) is 0 Å². The Morgan fingerprint density at radius 1 is 0.760 bits per heavy atom. The first-order valence-corrected chi connectivity index (χ1v) is 9.69. The summed E-state index contributed by atoms with van der Waals surface area (Å²) in [6, 6.07) is 19.5. The Bertz CT molecular complexity index is 735. The maximum atomic E-state index is 4.61. The third kappa shape index (κ3) is 2.33. The van der Waals surface area contributed by atoms with E-state index in [1.807, 2.05) is 0 Å². The van der Waals surface area contributed by atoms with Crippen LogP contribution < -0.4 is 0 Å². The summed E-state index contributed by atoms with van der Waals surface area (Å²) in [6.45, 7) is 10.2. The van der Waals surface area contributed by atoms with Gasteiger partial charge in [0, 0.05) is 18.6 Å². The zero-order valence-corrected chi connectivity index (χ0v) is 15.3. The maximum absolute atomic E-state index is 4.61. The van der Waals surface area contributed by atoms with Crippen molar-refractivity contribution in [3.8, 4) is 0 Å². The standard InChI is InChI=1S/C24H27N/c1-15-4-8-19(9-5-15)23-21-12-18-13-22(17(21)3)24(25(23)14-18)20-10-6-16(2)7-11-20/h4-11,18,21-24H,3,12-14H2,1-2H3/t18?,21-,22+,23-,24-/m1/s1. The van der Waals surface area contributed by atoms with Gasteiger partial charge >= 0.3 is 0 Å². The van der Waals surface area contributed by atoms with Crippen molar-refractivity contribution in [1.82, 2.24) is 4.90 Å². The predicted molar refractivity (Wildman–Crippen MR) is 103 cm³/mol. The summed E-state index contributed by atoms with van der Waals surface area (Å²) in [5.74, 6) is 2.15. The molecule has 3 aliphatic heterocycles. The minimum atomic E-state index is 0.507. The number of hydrogen-bond acceptors (Lipinski definition) is 1. The molecule has 3 heterocycles. The summed E-state index contributed by atoms with van der Waals surface area (Å²) in [4.78, 5) is 2.82. The number of rotatable bonds is 2. The van der Waals surface area contributed by atoms with Gasteiger partial charge in [-0.15, -0.1) is 0 Å². The molecule has 2 unspecified atom stereocenters. The van der Waals surface area contributed by atoms with Crippen LogP contribution in [0.15, 0.2) is 60.7 Å². The predicted octanol–water partition coefficient (Wildman–Crippen LogP) is 5.61.